The van der Waals surface area contributed by atoms with Crippen LogP contribution in [0.2, 0.25) is 0 Å². The van der Waals surface area contributed by atoms with Crippen LogP contribution in [0.5, 0.6) is 0 Å². The molecule has 0 bridgehead atoms. The normalized spacial score (nSPS) is 22.6. The number of hydrogen-bond acceptors (Lipinski definition) is 1. The molecule has 0 aromatic heterocycles. The number of hydrogen-bond donors (Lipinski definition) is 0. The Balaban J connectivity index is 2.39. The zero-order valence-electron chi connectivity index (χ0n) is 6.92. The molecule has 11 heavy (non-hydrogen) atoms. The van der Waals surface area contributed by atoms with Crippen molar-refractivity contribution in [3.05, 3.63) is 24.3 Å². The van der Waals surface area contributed by atoms with Crippen molar-refractivity contribution in [1.29, 1.82) is 0 Å². The zero-order chi connectivity index (χ0) is 8.10. The summed E-state index contributed by atoms with van der Waals surface area (Å²) >= 11 is 0. The van der Waals surface area contributed by atoms with Gasteiger partial charge in [0.1, 0.15) is 0 Å². The Morgan fingerprint density at radius 2 is 2.27 bits per heavy atom. The molecule has 0 saturated carbocycles. The third-order valence-electron chi connectivity index (χ3n) is 1.95. The molecule has 0 fully saturated rings. The Labute approximate surface area is 67.8 Å². The van der Waals surface area contributed by atoms with Gasteiger partial charge in [-0.1, -0.05) is 38.0 Å². The molecule has 0 amide bonds. The first kappa shape index (κ1) is 8.25. The molecule has 1 heteroatoms. The molecule has 1 atom stereocenters. The smallest absolute Gasteiger partial charge is 0.162 e. The lowest BCUT2D eigenvalue weighted by molar-refractivity contribution is -0.117. The Bertz CT molecular complexity index is 189. The van der Waals surface area contributed by atoms with Crippen LogP contribution >= 0.6 is 0 Å². The van der Waals surface area contributed by atoms with Crippen LogP contribution in [0.1, 0.15) is 26.2 Å². The fraction of sp³-hybridized carbons (Fsp3) is 0.500. The van der Waals surface area contributed by atoms with Crippen molar-refractivity contribution in [1.82, 2.24) is 0 Å². The molecule has 0 aromatic carbocycles. The van der Waals surface area contributed by atoms with Crippen molar-refractivity contribution in [2.45, 2.75) is 26.2 Å². The zero-order valence-corrected chi connectivity index (χ0v) is 6.92. The lowest BCUT2D eigenvalue weighted by atomic mass is 9.94. The third-order valence-corrected chi connectivity index (χ3v) is 1.95. The lowest BCUT2D eigenvalue weighted by Gasteiger charge is -2.09. The summed E-state index contributed by atoms with van der Waals surface area (Å²) in [5, 5.41) is 0. The highest BCUT2D eigenvalue weighted by atomic mass is 16.1. The van der Waals surface area contributed by atoms with Crippen LogP contribution in [0.15, 0.2) is 24.3 Å². The topological polar surface area (TPSA) is 17.1 Å². The van der Waals surface area contributed by atoms with Gasteiger partial charge in [0.25, 0.3) is 0 Å². The largest absolute Gasteiger partial charge is 0.294 e. The highest BCUT2D eigenvalue weighted by Crippen LogP contribution is 2.14. The number of carbonyl (C=O) groups is 1. The van der Waals surface area contributed by atoms with Crippen LogP contribution in [0.3, 0.4) is 0 Å². The van der Waals surface area contributed by atoms with Gasteiger partial charge in [-0.3, -0.25) is 4.79 Å². The van der Waals surface area contributed by atoms with E-state index < -0.39 is 0 Å². The number of rotatable bonds is 3. The summed E-state index contributed by atoms with van der Waals surface area (Å²) < 4.78 is 0. The monoisotopic (exact) mass is 150 g/mol. The van der Waals surface area contributed by atoms with Gasteiger partial charge in [0.2, 0.25) is 0 Å². The van der Waals surface area contributed by atoms with E-state index in [1.165, 1.54) is 6.42 Å². The molecule has 1 rings (SSSR count). The summed E-state index contributed by atoms with van der Waals surface area (Å²) in [5.41, 5.74) is 0. The third kappa shape index (κ3) is 2.34. The predicted octanol–water partition coefficient (Wildman–Crippen LogP) is 2.49. The standard InChI is InChI=1S/C10H14O/c1-2-3-6-9-7-4-5-8-10(9)11/h4-5,7-9H,2-3,6H2,1H3. The maximum atomic E-state index is 11.2. The van der Waals surface area contributed by atoms with E-state index in [0.717, 1.165) is 12.8 Å². The summed E-state index contributed by atoms with van der Waals surface area (Å²) in [6, 6.07) is 0. The van der Waals surface area contributed by atoms with E-state index in [1.807, 2.05) is 18.2 Å². The van der Waals surface area contributed by atoms with E-state index in [9.17, 15) is 4.79 Å². The summed E-state index contributed by atoms with van der Waals surface area (Å²) in [4.78, 5) is 11.2. The first-order valence-electron chi connectivity index (χ1n) is 4.23. The molecule has 0 radical (unpaired) electrons. The molecule has 0 N–H and O–H groups in total. The summed E-state index contributed by atoms with van der Waals surface area (Å²) in [6.07, 6.45) is 10.8. The maximum absolute atomic E-state index is 11.2. The molecule has 1 aliphatic carbocycles. The highest BCUT2D eigenvalue weighted by molar-refractivity contribution is 5.94. The Morgan fingerprint density at radius 1 is 1.45 bits per heavy atom. The van der Waals surface area contributed by atoms with Gasteiger partial charge in [0.15, 0.2) is 5.78 Å². The first-order valence-corrected chi connectivity index (χ1v) is 4.23. The van der Waals surface area contributed by atoms with E-state index in [4.69, 9.17) is 0 Å². The predicted molar refractivity (Wildman–Crippen MR) is 46.3 cm³/mol. The SMILES string of the molecule is CCCCC1C=CC=CC1=O. The van der Waals surface area contributed by atoms with Gasteiger partial charge in [-0.05, 0) is 12.5 Å². The van der Waals surface area contributed by atoms with Crippen LogP contribution < -0.4 is 0 Å². The average Bonchev–Trinajstić information content (AvgIpc) is 2.03. The second-order valence-electron chi connectivity index (χ2n) is 2.90. The first-order chi connectivity index (χ1) is 5.34. The van der Waals surface area contributed by atoms with Gasteiger partial charge >= 0.3 is 0 Å². The molecule has 0 heterocycles. The van der Waals surface area contributed by atoms with E-state index >= 15 is 0 Å². The number of ketones is 1. The van der Waals surface area contributed by atoms with E-state index in [1.54, 1.807) is 6.08 Å². The van der Waals surface area contributed by atoms with Crippen LogP contribution in [-0.4, -0.2) is 5.78 Å². The van der Waals surface area contributed by atoms with E-state index in [-0.39, 0.29) is 11.7 Å². The van der Waals surface area contributed by atoms with Crippen LogP contribution in [0.25, 0.3) is 0 Å². The molecule has 0 aromatic rings. The fourth-order valence-corrected chi connectivity index (χ4v) is 1.23. The van der Waals surface area contributed by atoms with Crippen molar-refractivity contribution in [2.24, 2.45) is 5.92 Å². The summed E-state index contributed by atoms with van der Waals surface area (Å²) in [5.74, 6) is 0.431. The molecule has 1 unspecified atom stereocenters. The molecule has 1 aliphatic rings. The minimum absolute atomic E-state index is 0.167. The fourth-order valence-electron chi connectivity index (χ4n) is 1.23. The number of unbranched alkanes of at least 4 members (excludes halogenated alkanes) is 1. The van der Waals surface area contributed by atoms with Gasteiger partial charge in [-0.25, -0.2) is 0 Å². The van der Waals surface area contributed by atoms with Crippen LogP contribution in [0.4, 0.5) is 0 Å². The Kier molecular flexibility index (Phi) is 3.09. The van der Waals surface area contributed by atoms with E-state index in [2.05, 4.69) is 6.92 Å². The van der Waals surface area contributed by atoms with Crippen LogP contribution in [-0.2, 0) is 4.79 Å². The summed E-state index contributed by atoms with van der Waals surface area (Å²) in [7, 11) is 0. The highest BCUT2D eigenvalue weighted by Gasteiger charge is 2.12. The summed E-state index contributed by atoms with van der Waals surface area (Å²) in [6.45, 7) is 2.15. The van der Waals surface area contributed by atoms with Gasteiger partial charge in [0.05, 0.1) is 0 Å². The van der Waals surface area contributed by atoms with Gasteiger partial charge in [-0.15, -0.1) is 0 Å². The van der Waals surface area contributed by atoms with Crippen molar-refractivity contribution in [3.8, 4) is 0 Å². The van der Waals surface area contributed by atoms with Gasteiger partial charge in [0, 0.05) is 5.92 Å². The molecular formula is C10H14O. The van der Waals surface area contributed by atoms with Crippen molar-refractivity contribution in [2.75, 3.05) is 0 Å². The molecule has 0 spiro atoms. The van der Waals surface area contributed by atoms with Crippen molar-refractivity contribution < 1.29 is 4.79 Å². The van der Waals surface area contributed by atoms with E-state index in [0.29, 0.717) is 0 Å². The Hall–Kier alpha value is -0.850. The molecule has 1 nitrogen and oxygen atoms in total. The second kappa shape index (κ2) is 4.12. The second-order valence-corrected chi connectivity index (χ2v) is 2.90. The molecular weight excluding hydrogens is 136 g/mol. The molecule has 0 saturated heterocycles. The molecule has 60 valence electrons. The van der Waals surface area contributed by atoms with Gasteiger partial charge in [-0.2, -0.15) is 0 Å². The quantitative estimate of drug-likeness (QED) is 0.604. The average molecular weight is 150 g/mol. The van der Waals surface area contributed by atoms with Crippen molar-refractivity contribution >= 4 is 5.78 Å². The van der Waals surface area contributed by atoms with Gasteiger partial charge < -0.3 is 0 Å². The minimum Gasteiger partial charge on any atom is -0.294 e. The molecule has 0 aliphatic heterocycles. The van der Waals surface area contributed by atoms with Crippen molar-refractivity contribution in [3.63, 3.8) is 0 Å². The number of allylic oxidation sites excluding steroid dienone is 4. The van der Waals surface area contributed by atoms with Crippen LogP contribution in [0, 0.1) is 5.92 Å². The number of carbonyl (C=O) groups excluding carboxylic acids is 1. The Morgan fingerprint density at radius 3 is 2.91 bits per heavy atom. The lowest BCUT2D eigenvalue weighted by Crippen LogP contribution is -2.10. The maximum Gasteiger partial charge on any atom is 0.162 e. The minimum atomic E-state index is 0.167.